The lowest BCUT2D eigenvalue weighted by molar-refractivity contribution is 0.208. The molecular formula is C21H26ClN3O2. The molecule has 3 rings (SSSR count). The quantitative estimate of drug-likeness (QED) is 0.817. The first-order valence-corrected chi connectivity index (χ1v) is 9.60. The molecule has 0 bridgehead atoms. The molecule has 1 heterocycles. The normalized spacial score (nSPS) is 14.4. The van der Waals surface area contributed by atoms with Gasteiger partial charge in [0.05, 0.1) is 12.1 Å². The Morgan fingerprint density at radius 2 is 1.74 bits per heavy atom. The van der Waals surface area contributed by atoms with Gasteiger partial charge < -0.3 is 19.9 Å². The molecule has 1 fully saturated rings. The van der Waals surface area contributed by atoms with Gasteiger partial charge in [0, 0.05) is 37.6 Å². The molecule has 5 nitrogen and oxygen atoms in total. The zero-order valence-electron chi connectivity index (χ0n) is 16.0. The second kappa shape index (κ2) is 8.53. The standard InChI is InChI=1S/C21H26ClN3O2/c1-15(2)16-4-7-18(8-5-16)24-10-12-25(13-11-24)21(26)23-17-6-9-20(27-3)19(22)14-17/h4-9,14-15H,10-13H2,1-3H3,(H,23,26). The second-order valence-corrected chi connectivity index (χ2v) is 7.41. The van der Waals surface area contributed by atoms with Gasteiger partial charge in [0.25, 0.3) is 0 Å². The third-order valence-corrected chi connectivity index (χ3v) is 5.19. The van der Waals surface area contributed by atoms with E-state index in [9.17, 15) is 4.79 Å². The lowest BCUT2D eigenvalue weighted by Crippen LogP contribution is -2.50. The SMILES string of the molecule is COc1ccc(NC(=O)N2CCN(c3ccc(C(C)C)cc3)CC2)cc1Cl. The van der Waals surface area contributed by atoms with Crippen molar-refractivity contribution in [1.82, 2.24) is 4.90 Å². The van der Waals surface area contributed by atoms with Crippen molar-refractivity contribution in [3.05, 3.63) is 53.1 Å². The summed E-state index contributed by atoms with van der Waals surface area (Å²) in [6, 6.07) is 13.8. The number of anilines is 2. The minimum atomic E-state index is -0.106. The first-order chi connectivity index (χ1) is 13.0. The maximum atomic E-state index is 12.5. The first-order valence-electron chi connectivity index (χ1n) is 9.22. The van der Waals surface area contributed by atoms with Crippen LogP contribution in [0.4, 0.5) is 16.2 Å². The van der Waals surface area contributed by atoms with Crippen LogP contribution in [-0.4, -0.2) is 44.2 Å². The molecule has 0 aliphatic carbocycles. The van der Waals surface area contributed by atoms with Gasteiger partial charge in [-0.15, -0.1) is 0 Å². The summed E-state index contributed by atoms with van der Waals surface area (Å²) in [5, 5.41) is 3.38. The summed E-state index contributed by atoms with van der Waals surface area (Å²) in [5.41, 5.74) is 3.22. The van der Waals surface area contributed by atoms with Crippen LogP contribution in [0.5, 0.6) is 5.75 Å². The average molecular weight is 388 g/mol. The van der Waals surface area contributed by atoms with E-state index < -0.39 is 0 Å². The second-order valence-electron chi connectivity index (χ2n) is 7.00. The molecule has 0 unspecified atom stereocenters. The number of urea groups is 1. The lowest BCUT2D eigenvalue weighted by atomic mass is 10.0. The van der Waals surface area contributed by atoms with Crippen LogP contribution in [-0.2, 0) is 0 Å². The van der Waals surface area contributed by atoms with Gasteiger partial charge in [0.1, 0.15) is 5.75 Å². The van der Waals surface area contributed by atoms with E-state index in [-0.39, 0.29) is 6.03 Å². The van der Waals surface area contributed by atoms with Crippen LogP contribution in [0.3, 0.4) is 0 Å². The minimum Gasteiger partial charge on any atom is -0.495 e. The number of halogens is 1. The van der Waals surface area contributed by atoms with Gasteiger partial charge in [0.2, 0.25) is 0 Å². The predicted molar refractivity (Wildman–Crippen MR) is 111 cm³/mol. The highest BCUT2D eigenvalue weighted by molar-refractivity contribution is 6.32. The number of hydrogen-bond donors (Lipinski definition) is 1. The van der Waals surface area contributed by atoms with Gasteiger partial charge >= 0.3 is 6.03 Å². The molecule has 1 N–H and O–H groups in total. The number of methoxy groups -OCH3 is 1. The largest absolute Gasteiger partial charge is 0.495 e. The Morgan fingerprint density at radius 3 is 2.30 bits per heavy atom. The monoisotopic (exact) mass is 387 g/mol. The predicted octanol–water partition coefficient (Wildman–Crippen LogP) is 4.83. The Labute approximate surface area is 165 Å². The van der Waals surface area contributed by atoms with Gasteiger partial charge in [-0.25, -0.2) is 4.79 Å². The number of rotatable bonds is 4. The summed E-state index contributed by atoms with van der Waals surface area (Å²) in [4.78, 5) is 16.7. The van der Waals surface area contributed by atoms with Gasteiger partial charge in [-0.05, 0) is 41.8 Å². The number of hydrogen-bond acceptors (Lipinski definition) is 3. The van der Waals surface area contributed by atoms with Crippen molar-refractivity contribution in [2.75, 3.05) is 43.5 Å². The number of amides is 2. The van der Waals surface area contributed by atoms with E-state index >= 15 is 0 Å². The molecule has 6 heteroatoms. The molecule has 0 aromatic heterocycles. The van der Waals surface area contributed by atoms with E-state index in [0.717, 1.165) is 13.1 Å². The van der Waals surface area contributed by atoms with Crippen molar-refractivity contribution in [2.45, 2.75) is 19.8 Å². The molecule has 2 amide bonds. The summed E-state index contributed by atoms with van der Waals surface area (Å²) in [5.74, 6) is 1.12. The topological polar surface area (TPSA) is 44.8 Å². The molecular weight excluding hydrogens is 362 g/mol. The molecule has 144 valence electrons. The molecule has 2 aromatic carbocycles. The Hall–Kier alpha value is -2.40. The van der Waals surface area contributed by atoms with Gasteiger partial charge in [-0.3, -0.25) is 0 Å². The van der Waals surface area contributed by atoms with Crippen LogP contribution < -0.4 is 15.0 Å². The van der Waals surface area contributed by atoms with Crippen LogP contribution in [0, 0.1) is 0 Å². The smallest absolute Gasteiger partial charge is 0.321 e. The highest BCUT2D eigenvalue weighted by Gasteiger charge is 2.21. The van der Waals surface area contributed by atoms with Crippen LogP contribution >= 0.6 is 11.6 Å². The fourth-order valence-electron chi connectivity index (χ4n) is 3.18. The Balaban J connectivity index is 1.55. The van der Waals surface area contributed by atoms with Crippen molar-refractivity contribution in [3.63, 3.8) is 0 Å². The number of carbonyl (C=O) groups excluding carboxylic acids is 1. The molecule has 0 atom stereocenters. The van der Waals surface area contributed by atoms with Gasteiger partial charge in [-0.2, -0.15) is 0 Å². The number of nitrogens with zero attached hydrogens (tertiary/aromatic N) is 2. The third-order valence-electron chi connectivity index (χ3n) is 4.89. The van der Waals surface area contributed by atoms with Crippen molar-refractivity contribution >= 4 is 29.0 Å². The molecule has 27 heavy (non-hydrogen) atoms. The maximum absolute atomic E-state index is 12.5. The van der Waals surface area contributed by atoms with E-state index in [2.05, 4.69) is 48.3 Å². The molecule has 0 saturated carbocycles. The highest BCUT2D eigenvalue weighted by Crippen LogP contribution is 2.27. The fraction of sp³-hybridized carbons (Fsp3) is 0.381. The Kier molecular flexibility index (Phi) is 6.11. The van der Waals surface area contributed by atoms with Crippen LogP contribution in [0.15, 0.2) is 42.5 Å². The Morgan fingerprint density at radius 1 is 1.07 bits per heavy atom. The maximum Gasteiger partial charge on any atom is 0.321 e. The van der Waals surface area contributed by atoms with Crippen molar-refractivity contribution < 1.29 is 9.53 Å². The van der Waals surface area contributed by atoms with E-state index in [1.54, 1.807) is 25.3 Å². The van der Waals surface area contributed by atoms with E-state index in [0.29, 0.717) is 35.5 Å². The number of nitrogens with one attached hydrogen (secondary N) is 1. The Bertz CT molecular complexity index is 785. The van der Waals surface area contributed by atoms with Crippen LogP contribution in [0.25, 0.3) is 0 Å². The lowest BCUT2D eigenvalue weighted by Gasteiger charge is -2.36. The third kappa shape index (κ3) is 4.66. The molecule has 0 spiro atoms. The van der Waals surface area contributed by atoms with E-state index in [1.165, 1.54) is 11.3 Å². The molecule has 1 aliphatic heterocycles. The minimum absolute atomic E-state index is 0.106. The van der Waals surface area contributed by atoms with Crippen molar-refractivity contribution in [2.24, 2.45) is 0 Å². The first kappa shape index (κ1) is 19.4. The van der Waals surface area contributed by atoms with Gasteiger partial charge in [-0.1, -0.05) is 37.6 Å². The molecule has 0 radical (unpaired) electrons. The van der Waals surface area contributed by atoms with Crippen molar-refractivity contribution in [3.8, 4) is 5.75 Å². The summed E-state index contributed by atoms with van der Waals surface area (Å²) < 4.78 is 5.13. The zero-order chi connectivity index (χ0) is 19.4. The van der Waals surface area contributed by atoms with E-state index in [4.69, 9.17) is 16.3 Å². The molecule has 2 aromatic rings. The average Bonchev–Trinajstić information content (AvgIpc) is 2.68. The van der Waals surface area contributed by atoms with Crippen molar-refractivity contribution in [1.29, 1.82) is 0 Å². The summed E-state index contributed by atoms with van der Waals surface area (Å²) in [6.07, 6.45) is 0. The molecule has 1 aliphatic rings. The summed E-state index contributed by atoms with van der Waals surface area (Å²) >= 11 is 6.12. The highest BCUT2D eigenvalue weighted by atomic mass is 35.5. The van der Waals surface area contributed by atoms with Gasteiger partial charge in [0.15, 0.2) is 0 Å². The number of ether oxygens (including phenoxy) is 1. The zero-order valence-corrected chi connectivity index (χ0v) is 16.8. The summed E-state index contributed by atoms with van der Waals surface area (Å²) in [6.45, 7) is 7.39. The molecule has 1 saturated heterocycles. The van der Waals surface area contributed by atoms with Crippen LogP contribution in [0.2, 0.25) is 5.02 Å². The van der Waals surface area contributed by atoms with Crippen LogP contribution in [0.1, 0.15) is 25.3 Å². The number of piperazine rings is 1. The summed E-state index contributed by atoms with van der Waals surface area (Å²) in [7, 11) is 1.56. The van der Waals surface area contributed by atoms with E-state index in [1.807, 2.05) is 4.90 Å². The number of carbonyl (C=O) groups is 1. The number of benzene rings is 2. The fourth-order valence-corrected chi connectivity index (χ4v) is 3.44.